The molecule has 0 fully saturated rings. The van der Waals surface area contributed by atoms with E-state index in [1.165, 1.54) is 4.88 Å². The van der Waals surface area contributed by atoms with Crippen molar-refractivity contribution in [3.63, 3.8) is 0 Å². The minimum Gasteiger partial charge on any atom is -0.355 e. The van der Waals surface area contributed by atoms with Gasteiger partial charge in [-0.15, -0.1) is 11.3 Å². The van der Waals surface area contributed by atoms with Gasteiger partial charge in [0, 0.05) is 23.9 Å². The summed E-state index contributed by atoms with van der Waals surface area (Å²) in [6, 6.07) is 14.1. The Kier molecular flexibility index (Phi) is 4.10. The summed E-state index contributed by atoms with van der Waals surface area (Å²) in [5, 5.41) is 1.12. The molecule has 5 heteroatoms. The van der Waals surface area contributed by atoms with E-state index in [1.807, 2.05) is 37.4 Å². The number of anilines is 1. The number of pyridine rings is 1. The van der Waals surface area contributed by atoms with E-state index in [1.54, 1.807) is 11.3 Å². The molecule has 0 spiro atoms. The topological polar surface area (TPSA) is 42.1 Å². The van der Waals surface area contributed by atoms with E-state index in [0.717, 1.165) is 33.2 Å². The number of fused-ring (bicyclic) bond motifs is 1. The van der Waals surface area contributed by atoms with Gasteiger partial charge in [0.1, 0.15) is 5.82 Å². The average molecular weight is 318 g/mol. The average Bonchev–Trinajstić information content (AvgIpc) is 2.91. The Morgan fingerprint density at radius 3 is 2.76 bits per heavy atom. The highest BCUT2D eigenvalue weighted by atomic mass is 35.5. The van der Waals surface area contributed by atoms with E-state index in [0.29, 0.717) is 6.54 Å². The van der Waals surface area contributed by atoms with Crippen molar-refractivity contribution in [3.8, 4) is 0 Å². The fraction of sp³-hybridized carbons (Fsp3) is 0.188. The van der Waals surface area contributed by atoms with E-state index in [9.17, 15) is 0 Å². The van der Waals surface area contributed by atoms with Crippen molar-refractivity contribution in [1.29, 1.82) is 0 Å². The van der Waals surface area contributed by atoms with Crippen LogP contribution < -0.4 is 10.6 Å². The lowest BCUT2D eigenvalue weighted by Gasteiger charge is -2.19. The first-order chi connectivity index (χ1) is 10.2. The van der Waals surface area contributed by atoms with Crippen LogP contribution in [0.25, 0.3) is 10.9 Å². The van der Waals surface area contributed by atoms with E-state index in [4.69, 9.17) is 22.3 Å². The van der Waals surface area contributed by atoms with E-state index >= 15 is 0 Å². The largest absolute Gasteiger partial charge is 0.355 e. The number of hydrogen-bond donors (Lipinski definition) is 1. The van der Waals surface area contributed by atoms with Gasteiger partial charge >= 0.3 is 0 Å². The normalized spacial score (nSPS) is 11.0. The second-order valence-corrected chi connectivity index (χ2v) is 6.72. The summed E-state index contributed by atoms with van der Waals surface area (Å²) in [6.07, 6.45) is 0. The van der Waals surface area contributed by atoms with Crippen molar-refractivity contribution in [1.82, 2.24) is 4.98 Å². The van der Waals surface area contributed by atoms with Crippen molar-refractivity contribution in [3.05, 3.63) is 57.2 Å². The predicted molar refractivity (Wildman–Crippen MR) is 91.1 cm³/mol. The summed E-state index contributed by atoms with van der Waals surface area (Å²) < 4.78 is 0.813. The molecule has 2 aromatic heterocycles. The van der Waals surface area contributed by atoms with Gasteiger partial charge < -0.3 is 10.6 Å². The molecule has 0 saturated heterocycles. The van der Waals surface area contributed by atoms with Gasteiger partial charge in [-0.1, -0.05) is 29.8 Å². The maximum atomic E-state index is 5.98. The van der Waals surface area contributed by atoms with Crippen LogP contribution >= 0.6 is 22.9 Å². The number of hydrogen-bond acceptors (Lipinski definition) is 4. The Morgan fingerprint density at radius 1 is 1.24 bits per heavy atom. The Bertz CT molecular complexity index is 769. The zero-order chi connectivity index (χ0) is 14.8. The second-order valence-electron chi connectivity index (χ2n) is 4.92. The van der Waals surface area contributed by atoms with Crippen LogP contribution in [0.4, 0.5) is 5.82 Å². The second kappa shape index (κ2) is 6.02. The SMILES string of the molecule is CN(Cc1ccc(Cl)s1)c1cc(CN)c2ccccc2n1. The van der Waals surface area contributed by atoms with E-state index in [-0.39, 0.29) is 0 Å². The highest BCUT2D eigenvalue weighted by molar-refractivity contribution is 7.16. The van der Waals surface area contributed by atoms with Gasteiger partial charge in [0.2, 0.25) is 0 Å². The van der Waals surface area contributed by atoms with Crippen LogP contribution in [-0.4, -0.2) is 12.0 Å². The monoisotopic (exact) mass is 317 g/mol. The van der Waals surface area contributed by atoms with Gasteiger partial charge in [0.05, 0.1) is 16.4 Å². The van der Waals surface area contributed by atoms with Crippen LogP contribution in [0.2, 0.25) is 4.34 Å². The quantitative estimate of drug-likeness (QED) is 0.789. The highest BCUT2D eigenvalue weighted by Crippen LogP contribution is 2.26. The van der Waals surface area contributed by atoms with Crippen molar-refractivity contribution in [2.45, 2.75) is 13.1 Å². The van der Waals surface area contributed by atoms with E-state index < -0.39 is 0 Å². The summed E-state index contributed by atoms with van der Waals surface area (Å²) in [5.74, 6) is 0.929. The molecule has 0 bridgehead atoms. The van der Waals surface area contributed by atoms with Gasteiger partial charge in [0.15, 0.2) is 0 Å². The molecule has 0 amide bonds. The van der Waals surface area contributed by atoms with Crippen LogP contribution in [0, 0.1) is 0 Å². The molecule has 0 saturated carbocycles. The van der Waals surface area contributed by atoms with Gasteiger partial charge in [0.25, 0.3) is 0 Å². The predicted octanol–water partition coefficient (Wildman–Crippen LogP) is 4.04. The Balaban J connectivity index is 1.95. The Hall–Kier alpha value is -1.62. The summed E-state index contributed by atoms with van der Waals surface area (Å²) in [5.41, 5.74) is 7.97. The first-order valence-electron chi connectivity index (χ1n) is 6.71. The van der Waals surface area contributed by atoms with Crippen molar-refractivity contribution in [2.24, 2.45) is 5.73 Å². The third kappa shape index (κ3) is 3.02. The van der Waals surface area contributed by atoms with Crippen molar-refractivity contribution < 1.29 is 0 Å². The number of rotatable bonds is 4. The number of para-hydroxylation sites is 1. The fourth-order valence-corrected chi connectivity index (χ4v) is 3.49. The molecule has 2 N–H and O–H groups in total. The maximum Gasteiger partial charge on any atom is 0.129 e. The number of thiophene rings is 1. The molecule has 1 aromatic carbocycles. The first kappa shape index (κ1) is 14.3. The lowest BCUT2D eigenvalue weighted by atomic mass is 10.1. The molecule has 0 unspecified atom stereocenters. The van der Waals surface area contributed by atoms with E-state index in [2.05, 4.69) is 17.0 Å². The lowest BCUT2D eigenvalue weighted by Crippen LogP contribution is -2.17. The summed E-state index contributed by atoms with van der Waals surface area (Å²) in [7, 11) is 2.03. The minimum absolute atomic E-state index is 0.509. The molecule has 3 aromatic rings. The number of aromatic nitrogens is 1. The minimum atomic E-state index is 0.509. The lowest BCUT2D eigenvalue weighted by molar-refractivity contribution is 0.913. The fourth-order valence-electron chi connectivity index (χ4n) is 2.35. The molecule has 0 atom stereocenters. The molecular formula is C16H16ClN3S. The summed E-state index contributed by atoms with van der Waals surface area (Å²) in [6.45, 7) is 1.29. The van der Waals surface area contributed by atoms with Gasteiger partial charge in [-0.05, 0) is 29.8 Å². The third-order valence-corrected chi connectivity index (χ3v) is 4.64. The van der Waals surface area contributed by atoms with Gasteiger partial charge in [-0.25, -0.2) is 4.98 Å². The third-order valence-electron chi connectivity index (χ3n) is 3.42. The molecule has 0 aliphatic carbocycles. The molecule has 3 rings (SSSR count). The zero-order valence-electron chi connectivity index (χ0n) is 11.7. The first-order valence-corrected chi connectivity index (χ1v) is 7.91. The molecule has 0 aliphatic heterocycles. The van der Waals surface area contributed by atoms with Gasteiger partial charge in [-0.2, -0.15) is 0 Å². The van der Waals surface area contributed by atoms with Crippen LogP contribution in [0.3, 0.4) is 0 Å². The molecule has 0 aliphatic rings. The molecule has 2 heterocycles. The Labute approximate surface area is 133 Å². The Morgan fingerprint density at radius 2 is 2.05 bits per heavy atom. The number of nitrogens with zero attached hydrogens (tertiary/aromatic N) is 2. The summed E-state index contributed by atoms with van der Waals surface area (Å²) >= 11 is 7.58. The van der Waals surface area contributed by atoms with Crippen LogP contribution in [-0.2, 0) is 13.1 Å². The van der Waals surface area contributed by atoms with Crippen LogP contribution in [0.1, 0.15) is 10.4 Å². The number of nitrogens with two attached hydrogens (primary N) is 1. The molecule has 21 heavy (non-hydrogen) atoms. The van der Waals surface area contributed by atoms with Crippen LogP contribution in [0.5, 0.6) is 0 Å². The highest BCUT2D eigenvalue weighted by Gasteiger charge is 2.09. The standard InChI is InChI=1S/C16H16ClN3S/c1-20(10-12-6-7-15(17)21-12)16-8-11(9-18)13-4-2-3-5-14(13)19-16/h2-8H,9-10,18H2,1H3. The molecule has 108 valence electrons. The van der Waals surface area contributed by atoms with Crippen LogP contribution in [0.15, 0.2) is 42.5 Å². The number of benzene rings is 1. The molecular weight excluding hydrogens is 302 g/mol. The summed E-state index contributed by atoms with van der Waals surface area (Å²) in [4.78, 5) is 8.06. The van der Waals surface area contributed by atoms with Crippen molar-refractivity contribution in [2.75, 3.05) is 11.9 Å². The maximum absolute atomic E-state index is 5.98. The van der Waals surface area contributed by atoms with Gasteiger partial charge in [-0.3, -0.25) is 0 Å². The van der Waals surface area contributed by atoms with Crippen molar-refractivity contribution >= 4 is 39.7 Å². The molecule has 0 radical (unpaired) electrons. The smallest absolute Gasteiger partial charge is 0.129 e. The zero-order valence-corrected chi connectivity index (χ0v) is 13.3. The molecule has 3 nitrogen and oxygen atoms in total. The number of halogens is 1.